The Morgan fingerprint density at radius 3 is 2.38 bits per heavy atom. The number of aliphatic hydroxyl groups excluding tert-OH is 1. The number of rotatable bonds is 1. The standard InChI is InChI=1S/C10H16N2O4/c13-7-5-8(9(14)15)12(6-7)10(16)11-3-1-2-4-11/h7-8,13H,1-6H2,(H,14,15)/t7-,8+/m1/s1. The molecule has 0 aromatic carbocycles. The van der Waals surface area contributed by atoms with E-state index in [1.165, 1.54) is 4.90 Å². The molecule has 0 aliphatic carbocycles. The number of aliphatic hydroxyl groups is 1. The van der Waals surface area contributed by atoms with Crippen LogP contribution in [0.25, 0.3) is 0 Å². The van der Waals surface area contributed by atoms with Gasteiger partial charge in [-0.25, -0.2) is 9.59 Å². The van der Waals surface area contributed by atoms with Gasteiger partial charge < -0.3 is 20.0 Å². The number of carboxylic acid groups (broad SMARTS) is 1. The molecule has 0 unspecified atom stereocenters. The second-order valence-electron chi connectivity index (χ2n) is 4.37. The van der Waals surface area contributed by atoms with Crippen LogP contribution in [0, 0.1) is 0 Å². The molecule has 0 spiro atoms. The van der Waals surface area contributed by atoms with Crippen molar-refractivity contribution in [2.45, 2.75) is 31.4 Å². The lowest BCUT2D eigenvalue weighted by Gasteiger charge is -2.26. The van der Waals surface area contributed by atoms with Gasteiger partial charge in [-0.3, -0.25) is 0 Å². The summed E-state index contributed by atoms with van der Waals surface area (Å²) in [7, 11) is 0. The molecule has 6 heteroatoms. The van der Waals surface area contributed by atoms with Crippen molar-refractivity contribution in [1.29, 1.82) is 0 Å². The summed E-state index contributed by atoms with van der Waals surface area (Å²) in [5, 5.41) is 18.4. The molecule has 2 rings (SSSR count). The molecule has 6 nitrogen and oxygen atoms in total. The fourth-order valence-electron chi connectivity index (χ4n) is 2.35. The van der Waals surface area contributed by atoms with E-state index in [1.54, 1.807) is 4.90 Å². The molecule has 0 aromatic heterocycles. The molecule has 0 saturated carbocycles. The van der Waals surface area contributed by atoms with Crippen LogP contribution in [-0.2, 0) is 4.79 Å². The Balaban J connectivity index is 2.06. The molecule has 2 N–H and O–H groups in total. The number of hydrogen-bond donors (Lipinski definition) is 2. The van der Waals surface area contributed by atoms with Crippen LogP contribution in [-0.4, -0.2) is 63.8 Å². The van der Waals surface area contributed by atoms with Gasteiger partial charge in [0.2, 0.25) is 0 Å². The molecule has 2 aliphatic heterocycles. The van der Waals surface area contributed by atoms with E-state index in [0.29, 0.717) is 13.1 Å². The zero-order chi connectivity index (χ0) is 11.7. The lowest BCUT2D eigenvalue weighted by molar-refractivity contribution is -0.141. The van der Waals surface area contributed by atoms with Crippen molar-refractivity contribution in [2.24, 2.45) is 0 Å². The van der Waals surface area contributed by atoms with Crippen LogP contribution in [0.2, 0.25) is 0 Å². The average Bonchev–Trinajstić information content (AvgIpc) is 2.84. The van der Waals surface area contributed by atoms with E-state index in [4.69, 9.17) is 5.11 Å². The van der Waals surface area contributed by atoms with Crippen molar-refractivity contribution in [2.75, 3.05) is 19.6 Å². The molecule has 2 heterocycles. The quantitative estimate of drug-likeness (QED) is 0.647. The zero-order valence-corrected chi connectivity index (χ0v) is 9.00. The number of carboxylic acids is 1. The first kappa shape index (κ1) is 11.2. The minimum absolute atomic E-state index is 0.131. The van der Waals surface area contributed by atoms with Crippen LogP contribution in [0.1, 0.15) is 19.3 Å². The molecule has 2 fully saturated rings. The number of hydrogen-bond acceptors (Lipinski definition) is 3. The highest BCUT2D eigenvalue weighted by atomic mass is 16.4. The lowest BCUT2D eigenvalue weighted by atomic mass is 10.2. The number of carbonyl (C=O) groups excluding carboxylic acids is 1. The fourth-order valence-corrected chi connectivity index (χ4v) is 2.35. The Kier molecular flexibility index (Phi) is 3.00. The molecular formula is C10H16N2O4. The second kappa shape index (κ2) is 4.29. The summed E-state index contributed by atoms with van der Waals surface area (Å²) >= 11 is 0. The average molecular weight is 228 g/mol. The third-order valence-electron chi connectivity index (χ3n) is 3.19. The van der Waals surface area contributed by atoms with Gasteiger partial charge in [-0.2, -0.15) is 0 Å². The van der Waals surface area contributed by atoms with E-state index in [2.05, 4.69) is 0 Å². The first-order valence-corrected chi connectivity index (χ1v) is 5.56. The van der Waals surface area contributed by atoms with Crippen molar-refractivity contribution in [3.05, 3.63) is 0 Å². The molecule has 2 amide bonds. The second-order valence-corrected chi connectivity index (χ2v) is 4.37. The summed E-state index contributed by atoms with van der Waals surface area (Å²) in [6, 6.07) is -1.12. The number of carbonyl (C=O) groups is 2. The molecular weight excluding hydrogens is 212 g/mol. The first-order chi connectivity index (χ1) is 7.59. The molecule has 0 bridgehead atoms. The lowest BCUT2D eigenvalue weighted by Crippen LogP contribution is -2.47. The molecule has 0 aromatic rings. The number of β-amino-alcohol motifs (C(OH)–C–C–N with tert-alkyl or cyclic N) is 1. The number of amides is 2. The van der Waals surface area contributed by atoms with Crippen molar-refractivity contribution in [3.8, 4) is 0 Å². The Morgan fingerprint density at radius 2 is 1.81 bits per heavy atom. The predicted octanol–water partition coefficient (Wildman–Crippen LogP) is -0.278. The van der Waals surface area contributed by atoms with E-state index >= 15 is 0 Å². The topological polar surface area (TPSA) is 81.1 Å². The van der Waals surface area contributed by atoms with Gasteiger partial charge in [-0.15, -0.1) is 0 Å². The first-order valence-electron chi connectivity index (χ1n) is 5.56. The molecule has 16 heavy (non-hydrogen) atoms. The summed E-state index contributed by atoms with van der Waals surface area (Å²) in [5.41, 5.74) is 0. The Bertz CT molecular complexity index is 301. The monoisotopic (exact) mass is 228 g/mol. The Hall–Kier alpha value is -1.30. The third kappa shape index (κ3) is 1.97. The number of urea groups is 1. The number of nitrogens with zero attached hydrogens (tertiary/aromatic N) is 2. The summed E-state index contributed by atoms with van der Waals surface area (Å²) in [6.07, 6.45) is 1.36. The Labute approximate surface area is 93.4 Å². The van der Waals surface area contributed by atoms with Crippen molar-refractivity contribution in [3.63, 3.8) is 0 Å². The minimum atomic E-state index is -1.04. The summed E-state index contributed by atoms with van der Waals surface area (Å²) in [6.45, 7) is 1.52. The third-order valence-corrected chi connectivity index (χ3v) is 3.19. The molecule has 2 saturated heterocycles. The van der Waals surface area contributed by atoms with Crippen LogP contribution < -0.4 is 0 Å². The van der Waals surface area contributed by atoms with Crippen LogP contribution >= 0.6 is 0 Å². The highest BCUT2D eigenvalue weighted by Crippen LogP contribution is 2.21. The van der Waals surface area contributed by atoms with Crippen molar-refractivity contribution in [1.82, 2.24) is 9.80 Å². The maximum Gasteiger partial charge on any atom is 0.326 e. The van der Waals surface area contributed by atoms with Gasteiger partial charge >= 0.3 is 12.0 Å². The highest BCUT2D eigenvalue weighted by Gasteiger charge is 2.40. The highest BCUT2D eigenvalue weighted by molar-refractivity contribution is 5.83. The van der Waals surface area contributed by atoms with Gasteiger partial charge in [0.15, 0.2) is 0 Å². The van der Waals surface area contributed by atoms with Gasteiger partial charge in [0.1, 0.15) is 6.04 Å². The summed E-state index contributed by atoms with van der Waals surface area (Å²) in [4.78, 5) is 25.9. The maximum absolute atomic E-state index is 12.0. The number of aliphatic carboxylic acids is 1. The van der Waals surface area contributed by atoms with Crippen LogP contribution in [0.15, 0.2) is 0 Å². The Morgan fingerprint density at radius 1 is 1.19 bits per heavy atom. The van der Waals surface area contributed by atoms with Crippen LogP contribution in [0.5, 0.6) is 0 Å². The zero-order valence-electron chi connectivity index (χ0n) is 9.00. The predicted molar refractivity (Wildman–Crippen MR) is 55.0 cm³/mol. The van der Waals surface area contributed by atoms with Crippen LogP contribution in [0.4, 0.5) is 4.79 Å². The number of likely N-dealkylation sites (tertiary alicyclic amines) is 2. The van der Waals surface area contributed by atoms with Gasteiger partial charge in [-0.05, 0) is 12.8 Å². The molecule has 2 aliphatic rings. The summed E-state index contributed by atoms with van der Waals surface area (Å²) < 4.78 is 0. The normalized spacial score (nSPS) is 29.8. The van der Waals surface area contributed by atoms with Crippen molar-refractivity contribution >= 4 is 12.0 Å². The van der Waals surface area contributed by atoms with Crippen molar-refractivity contribution < 1.29 is 19.8 Å². The largest absolute Gasteiger partial charge is 0.480 e. The molecule has 0 radical (unpaired) electrons. The van der Waals surface area contributed by atoms with E-state index in [1.807, 2.05) is 0 Å². The van der Waals surface area contributed by atoms with Gasteiger partial charge in [0.25, 0.3) is 0 Å². The fraction of sp³-hybridized carbons (Fsp3) is 0.800. The molecule has 90 valence electrons. The van der Waals surface area contributed by atoms with E-state index < -0.39 is 18.1 Å². The summed E-state index contributed by atoms with van der Waals surface area (Å²) in [5.74, 6) is -1.04. The van der Waals surface area contributed by atoms with Gasteiger partial charge in [0.05, 0.1) is 6.10 Å². The van der Waals surface area contributed by atoms with Gasteiger partial charge in [-0.1, -0.05) is 0 Å². The van der Waals surface area contributed by atoms with Crippen LogP contribution in [0.3, 0.4) is 0 Å². The molecule has 2 atom stereocenters. The van der Waals surface area contributed by atoms with E-state index in [-0.39, 0.29) is 19.0 Å². The van der Waals surface area contributed by atoms with Gasteiger partial charge in [0, 0.05) is 26.1 Å². The SMILES string of the molecule is O=C(O)[C@@H]1C[C@@H](O)CN1C(=O)N1CCCC1. The van der Waals surface area contributed by atoms with E-state index in [9.17, 15) is 14.7 Å². The minimum Gasteiger partial charge on any atom is -0.480 e. The smallest absolute Gasteiger partial charge is 0.326 e. The van der Waals surface area contributed by atoms with E-state index in [0.717, 1.165) is 12.8 Å². The maximum atomic E-state index is 12.0.